The van der Waals surface area contributed by atoms with Crippen molar-refractivity contribution in [2.24, 2.45) is 0 Å². The molecule has 1 aliphatic heterocycles. The number of carbonyl (C=O) groups is 1. The zero-order valence-electron chi connectivity index (χ0n) is 21.0. The lowest BCUT2D eigenvalue weighted by Crippen LogP contribution is -2.41. The van der Waals surface area contributed by atoms with Gasteiger partial charge < -0.3 is 5.32 Å². The van der Waals surface area contributed by atoms with Crippen LogP contribution in [0.15, 0.2) is 65.6 Å². The Balaban J connectivity index is 1.41. The molecular weight excluding hydrogens is 484 g/mol. The maximum atomic E-state index is 13.4. The highest BCUT2D eigenvalue weighted by molar-refractivity contribution is 7.89. The van der Waals surface area contributed by atoms with E-state index in [4.69, 9.17) is 0 Å². The quantitative estimate of drug-likeness (QED) is 0.501. The summed E-state index contributed by atoms with van der Waals surface area (Å²) in [6.45, 7) is 2.95. The number of rotatable bonds is 5. The molecule has 190 valence electrons. The number of nitrogens with zero attached hydrogens (tertiary/aromatic N) is 2. The fourth-order valence-corrected chi connectivity index (χ4v) is 6.54. The molecule has 0 saturated heterocycles. The number of nitriles is 1. The van der Waals surface area contributed by atoms with Gasteiger partial charge in [-0.2, -0.15) is 5.26 Å². The number of amides is 2. The monoisotopic (exact) mass is 514 g/mol. The average molecular weight is 515 g/mol. The van der Waals surface area contributed by atoms with Gasteiger partial charge in [-0.3, -0.25) is 4.90 Å². The predicted octanol–water partition coefficient (Wildman–Crippen LogP) is 4.98. The zero-order valence-corrected chi connectivity index (χ0v) is 21.9. The lowest BCUT2D eigenvalue weighted by molar-refractivity contribution is 0.245. The van der Waals surface area contributed by atoms with Gasteiger partial charge in [0.15, 0.2) is 0 Å². The molecular formula is C29H30N4O3S. The van der Waals surface area contributed by atoms with Crippen LogP contribution in [0.4, 0.5) is 10.5 Å². The third-order valence-corrected chi connectivity index (χ3v) is 9.18. The number of hydrogen-bond donors (Lipinski definition) is 2. The van der Waals surface area contributed by atoms with Crippen molar-refractivity contribution in [3.63, 3.8) is 0 Å². The van der Waals surface area contributed by atoms with E-state index in [1.54, 1.807) is 12.1 Å². The second-order valence-corrected chi connectivity index (χ2v) is 11.8. The summed E-state index contributed by atoms with van der Waals surface area (Å²) in [5.74, 6) is 0. The van der Waals surface area contributed by atoms with Crippen LogP contribution >= 0.6 is 0 Å². The zero-order chi connectivity index (χ0) is 26.2. The Morgan fingerprint density at radius 1 is 1.08 bits per heavy atom. The average Bonchev–Trinajstić information content (AvgIpc) is 3.52. The molecule has 3 aromatic rings. The molecule has 0 aromatic heterocycles. The van der Waals surface area contributed by atoms with Gasteiger partial charge in [-0.1, -0.05) is 43.2 Å². The minimum Gasteiger partial charge on any atom is -0.334 e. The molecule has 0 bridgehead atoms. The van der Waals surface area contributed by atoms with Crippen LogP contribution in [0.1, 0.15) is 47.9 Å². The van der Waals surface area contributed by atoms with Gasteiger partial charge in [0.25, 0.3) is 0 Å². The molecule has 8 heteroatoms. The highest BCUT2D eigenvalue weighted by atomic mass is 32.2. The van der Waals surface area contributed by atoms with Crippen LogP contribution in [-0.4, -0.2) is 28.0 Å². The molecule has 7 nitrogen and oxygen atoms in total. The highest BCUT2D eigenvalue weighted by Crippen LogP contribution is 2.51. The summed E-state index contributed by atoms with van der Waals surface area (Å²) < 4.78 is 26.2. The molecule has 1 heterocycles. The number of benzene rings is 3. The lowest BCUT2D eigenvalue weighted by Gasteiger charge is -2.25. The Bertz CT molecular complexity index is 1500. The van der Waals surface area contributed by atoms with Gasteiger partial charge in [0.2, 0.25) is 10.0 Å². The largest absolute Gasteiger partial charge is 0.334 e. The SMILES string of the molecule is CNS(=O)(=O)c1ccc(CNC(=O)N2CC3(CCCC3)c3cc(-c4c(C)cccc4C#N)ccc32)cc1. The van der Waals surface area contributed by atoms with Crippen molar-refractivity contribution in [1.29, 1.82) is 5.26 Å². The van der Waals surface area contributed by atoms with Gasteiger partial charge in [0, 0.05) is 29.8 Å². The van der Waals surface area contributed by atoms with Crippen molar-refractivity contribution in [2.75, 3.05) is 18.5 Å². The van der Waals surface area contributed by atoms with E-state index in [2.05, 4.69) is 22.2 Å². The van der Waals surface area contributed by atoms with Crippen LogP contribution in [-0.2, 0) is 22.0 Å². The standard InChI is InChI=1S/C29H30N4O3S/c1-20-6-5-7-23(17-30)27(20)22-10-13-26-25(16-22)29(14-3-4-15-29)19-33(26)28(34)32-18-21-8-11-24(12-9-21)37(35,36)31-2/h5-13,16,31H,3-4,14-15,18-19H2,1-2H3,(H,32,34). The van der Waals surface area contributed by atoms with Gasteiger partial charge >= 0.3 is 6.03 Å². The minimum absolute atomic E-state index is 0.0681. The molecule has 1 aliphatic carbocycles. The smallest absolute Gasteiger partial charge is 0.322 e. The summed E-state index contributed by atoms with van der Waals surface area (Å²) in [6, 6.07) is 20.6. The van der Waals surface area contributed by atoms with Crippen molar-refractivity contribution in [2.45, 2.75) is 49.5 Å². The maximum absolute atomic E-state index is 13.4. The topological polar surface area (TPSA) is 102 Å². The Morgan fingerprint density at radius 3 is 2.49 bits per heavy atom. The molecule has 0 unspecified atom stereocenters. The Labute approximate surface area is 218 Å². The number of hydrogen-bond acceptors (Lipinski definition) is 4. The van der Waals surface area contributed by atoms with Gasteiger partial charge in [-0.25, -0.2) is 17.9 Å². The van der Waals surface area contributed by atoms with Crippen molar-refractivity contribution in [1.82, 2.24) is 10.0 Å². The van der Waals surface area contributed by atoms with Crippen LogP contribution in [0.25, 0.3) is 11.1 Å². The van der Waals surface area contributed by atoms with Crippen LogP contribution in [0.2, 0.25) is 0 Å². The number of nitrogens with one attached hydrogen (secondary N) is 2. The fraction of sp³-hybridized carbons (Fsp3) is 0.310. The summed E-state index contributed by atoms with van der Waals surface area (Å²) in [5.41, 5.74) is 6.53. The van der Waals surface area contributed by atoms with E-state index in [0.29, 0.717) is 18.7 Å². The second kappa shape index (κ2) is 9.66. The summed E-state index contributed by atoms with van der Waals surface area (Å²) in [7, 11) is -2.12. The molecule has 0 radical (unpaired) electrons. The van der Waals surface area contributed by atoms with E-state index in [1.807, 2.05) is 42.2 Å². The van der Waals surface area contributed by atoms with E-state index in [1.165, 1.54) is 24.7 Å². The molecule has 2 aliphatic rings. The van der Waals surface area contributed by atoms with Gasteiger partial charge in [-0.15, -0.1) is 0 Å². The van der Waals surface area contributed by atoms with Gasteiger partial charge in [-0.05, 0) is 79.4 Å². The first-order valence-corrected chi connectivity index (χ1v) is 14.0. The number of urea groups is 1. The third kappa shape index (κ3) is 4.50. The van der Waals surface area contributed by atoms with Crippen molar-refractivity contribution in [3.05, 3.63) is 82.9 Å². The second-order valence-electron chi connectivity index (χ2n) is 9.93. The van der Waals surface area contributed by atoms with Crippen LogP contribution in [0.5, 0.6) is 0 Å². The summed E-state index contributed by atoms with van der Waals surface area (Å²) in [4.78, 5) is 15.4. The first-order chi connectivity index (χ1) is 17.8. The molecule has 2 amide bonds. The number of anilines is 1. The lowest BCUT2D eigenvalue weighted by atomic mass is 9.79. The number of sulfonamides is 1. The summed E-state index contributed by atoms with van der Waals surface area (Å²) in [6.07, 6.45) is 4.34. The number of aryl methyl sites for hydroxylation is 1. The van der Waals surface area contributed by atoms with Gasteiger partial charge in [0.1, 0.15) is 0 Å². The summed E-state index contributed by atoms with van der Waals surface area (Å²) in [5, 5.41) is 12.7. The molecule has 37 heavy (non-hydrogen) atoms. The fourth-order valence-electron chi connectivity index (χ4n) is 5.81. The number of carbonyl (C=O) groups excluding carboxylic acids is 1. The Morgan fingerprint density at radius 2 is 1.81 bits per heavy atom. The van der Waals surface area contributed by atoms with Crippen molar-refractivity contribution < 1.29 is 13.2 Å². The minimum atomic E-state index is -3.50. The van der Waals surface area contributed by atoms with E-state index >= 15 is 0 Å². The van der Waals surface area contributed by atoms with Crippen LogP contribution < -0.4 is 14.9 Å². The molecule has 1 saturated carbocycles. The molecule has 1 fully saturated rings. The molecule has 2 N–H and O–H groups in total. The van der Waals surface area contributed by atoms with Gasteiger partial charge in [0.05, 0.1) is 16.5 Å². The summed E-state index contributed by atoms with van der Waals surface area (Å²) >= 11 is 0. The molecule has 0 atom stereocenters. The maximum Gasteiger partial charge on any atom is 0.322 e. The Kier molecular flexibility index (Phi) is 6.52. The number of fused-ring (bicyclic) bond motifs is 2. The normalized spacial score (nSPS) is 16.0. The molecule has 3 aromatic carbocycles. The van der Waals surface area contributed by atoms with Crippen molar-refractivity contribution in [3.8, 4) is 17.2 Å². The van der Waals surface area contributed by atoms with Crippen LogP contribution in [0, 0.1) is 18.3 Å². The third-order valence-electron chi connectivity index (χ3n) is 7.75. The predicted molar refractivity (Wildman–Crippen MR) is 144 cm³/mol. The van der Waals surface area contributed by atoms with Crippen LogP contribution in [0.3, 0.4) is 0 Å². The van der Waals surface area contributed by atoms with E-state index in [-0.39, 0.29) is 16.3 Å². The van der Waals surface area contributed by atoms with E-state index < -0.39 is 10.0 Å². The van der Waals surface area contributed by atoms with E-state index in [0.717, 1.165) is 53.6 Å². The molecule has 1 spiro atoms. The van der Waals surface area contributed by atoms with Crippen molar-refractivity contribution >= 4 is 21.7 Å². The Hall–Kier alpha value is -3.67. The van der Waals surface area contributed by atoms with E-state index in [9.17, 15) is 18.5 Å². The first kappa shape index (κ1) is 25.0. The first-order valence-electron chi connectivity index (χ1n) is 12.5. The highest BCUT2D eigenvalue weighted by Gasteiger charge is 2.46. The molecule has 5 rings (SSSR count).